The van der Waals surface area contributed by atoms with Crippen molar-refractivity contribution in [3.8, 4) is 5.75 Å². The molecule has 1 aromatic carbocycles. The molecule has 0 spiro atoms. The molecule has 0 aliphatic carbocycles. The first kappa shape index (κ1) is 21.5. The molecule has 4 heteroatoms. The third-order valence-corrected chi connectivity index (χ3v) is 3.98. The van der Waals surface area contributed by atoms with E-state index in [9.17, 15) is 9.90 Å². The minimum absolute atomic E-state index is 0.364. The second-order valence-electron chi connectivity index (χ2n) is 6.31. The molecule has 2 rings (SSSR count). The van der Waals surface area contributed by atoms with E-state index in [1.807, 2.05) is 36.4 Å². The number of aliphatic hydroxyl groups is 1. The monoisotopic (exact) mass is 380 g/mol. The number of aliphatic hydroxyl groups excluding tert-OH is 1. The molecule has 0 unspecified atom stereocenters. The molecule has 0 radical (unpaired) electrons. The number of hydrogen-bond donors (Lipinski definition) is 1. The fraction of sp³-hybridized carbons (Fsp3) is 0.292. The number of fused-ring (bicyclic) bond motifs is 1. The van der Waals surface area contributed by atoms with Gasteiger partial charge >= 0.3 is 5.63 Å². The van der Waals surface area contributed by atoms with E-state index in [4.69, 9.17) is 9.15 Å². The van der Waals surface area contributed by atoms with Gasteiger partial charge in [0.25, 0.3) is 0 Å². The van der Waals surface area contributed by atoms with Gasteiger partial charge in [0.1, 0.15) is 11.3 Å². The Morgan fingerprint density at radius 3 is 2.68 bits per heavy atom. The van der Waals surface area contributed by atoms with Crippen LogP contribution in [-0.4, -0.2) is 17.8 Å². The molecule has 0 amide bonds. The standard InChI is InChI=1S/C24H28O4/c1-2-3-4-5-6-7-8-9-10-11-12-21(25)17-18-27-22-15-13-20-14-16-24(26)28-23(20)19-22/h3-4,7-16,19,21,25H,2,5-6,17-18H2,1H3/b4-3-,8-7+,10-9-,12-11+/t21-/m1/s1. The van der Waals surface area contributed by atoms with Crippen LogP contribution in [0.4, 0.5) is 0 Å². The SMILES string of the molecule is CC/C=C\CC/C=C/C=C\C=C\[C@@H](O)CCOc1ccc2ccc(=O)oc2c1. The second kappa shape index (κ2) is 12.5. The van der Waals surface area contributed by atoms with Gasteiger partial charge in [-0.15, -0.1) is 0 Å². The molecule has 1 N–H and O–H groups in total. The summed E-state index contributed by atoms with van der Waals surface area (Å²) < 4.78 is 10.8. The van der Waals surface area contributed by atoms with Crippen LogP contribution in [0.2, 0.25) is 0 Å². The zero-order chi connectivity index (χ0) is 20.0. The summed E-state index contributed by atoms with van der Waals surface area (Å²) in [7, 11) is 0. The van der Waals surface area contributed by atoms with Crippen LogP contribution in [0.25, 0.3) is 11.0 Å². The first-order valence-corrected chi connectivity index (χ1v) is 9.69. The highest BCUT2D eigenvalue weighted by Gasteiger charge is 2.02. The van der Waals surface area contributed by atoms with E-state index in [1.54, 1.807) is 18.2 Å². The Hall–Kier alpha value is -2.85. The lowest BCUT2D eigenvalue weighted by Gasteiger charge is -2.08. The van der Waals surface area contributed by atoms with Crippen LogP contribution in [0.3, 0.4) is 0 Å². The first-order valence-electron chi connectivity index (χ1n) is 9.69. The van der Waals surface area contributed by atoms with Gasteiger partial charge < -0.3 is 14.3 Å². The minimum atomic E-state index is -0.578. The average Bonchev–Trinajstić information content (AvgIpc) is 2.69. The van der Waals surface area contributed by atoms with E-state index in [1.165, 1.54) is 6.07 Å². The van der Waals surface area contributed by atoms with Crippen LogP contribution in [0.15, 0.2) is 88.2 Å². The van der Waals surface area contributed by atoms with Crippen molar-refractivity contribution in [1.29, 1.82) is 0 Å². The van der Waals surface area contributed by atoms with Crippen molar-refractivity contribution in [3.05, 3.63) is 89.4 Å². The Morgan fingerprint density at radius 2 is 1.82 bits per heavy atom. The Bertz CT molecular complexity index is 887. The highest BCUT2D eigenvalue weighted by Crippen LogP contribution is 2.19. The number of unbranched alkanes of at least 4 members (excludes halogenated alkanes) is 1. The Kier molecular flexibility index (Phi) is 9.59. The Balaban J connectivity index is 1.68. The highest BCUT2D eigenvalue weighted by molar-refractivity contribution is 5.77. The topological polar surface area (TPSA) is 59.7 Å². The summed E-state index contributed by atoms with van der Waals surface area (Å²) in [5, 5.41) is 10.8. The van der Waals surface area contributed by atoms with Gasteiger partial charge in [-0.05, 0) is 37.5 Å². The Morgan fingerprint density at radius 1 is 1.04 bits per heavy atom. The molecule has 148 valence electrons. The third kappa shape index (κ3) is 8.23. The van der Waals surface area contributed by atoms with Gasteiger partial charge in [-0.2, -0.15) is 0 Å². The van der Waals surface area contributed by atoms with Crippen LogP contribution in [0.1, 0.15) is 32.6 Å². The van der Waals surface area contributed by atoms with E-state index in [2.05, 4.69) is 25.2 Å². The molecule has 0 aliphatic heterocycles. The lowest BCUT2D eigenvalue weighted by molar-refractivity contribution is 0.178. The molecule has 4 nitrogen and oxygen atoms in total. The van der Waals surface area contributed by atoms with Crippen molar-refractivity contribution in [3.63, 3.8) is 0 Å². The molecular formula is C24H28O4. The van der Waals surface area contributed by atoms with Gasteiger partial charge in [-0.3, -0.25) is 0 Å². The van der Waals surface area contributed by atoms with Gasteiger partial charge in [-0.1, -0.05) is 55.5 Å². The van der Waals surface area contributed by atoms with E-state index in [0.29, 0.717) is 24.4 Å². The van der Waals surface area contributed by atoms with Crippen molar-refractivity contribution < 1.29 is 14.3 Å². The van der Waals surface area contributed by atoms with E-state index in [0.717, 1.165) is 24.6 Å². The summed E-state index contributed by atoms with van der Waals surface area (Å²) in [4.78, 5) is 11.3. The quantitative estimate of drug-likeness (QED) is 0.247. The van der Waals surface area contributed by atoms with E-state index in [-0.39, 0.29) is 5.63 Å². The molecule has 2 aromatic rings. The van der Waals surface area contributed by atoms with Gasteiger partial charge in [-0.25, -0.2) is 4.79 Å². The normalized spacial score (nSPS) is 13.5. The molecule has 1 heterocycles. The molecular weight excluding hydrogens is 352 g/mol. The summed E-state index contributed by atoms with van der Waals surface area (Å²) in [6, 6.07) is 8.44. The summed E-state index contributed by atoms with van der Waals surface area (Å²) >= 11 is 0. The zero-order valence-corrected chi connectivity index (χ0v) is 16.3. The summed E-state index contributed by atoms with van der Waals surface area (Å²) in [5.41, 5.74) is 0.103. The fourth-order valence-corrected chi connectivity index (χ4v) is 2.50. The van der Waals surface area contributed by atoms with Crippen molar-refractivity contribution in [2.45, 2.75) is 38.7 Å². The lowest BCUT2D eigenvalue weighted by Crippen LogP contribution is -2.09. The highest BCUT2D eigenvalue weighted by atomic mass is 16.5. The van der Waals surface area contributed by atoms with Gasteiger partial charge in [0.15, 0.2) is 0 Å². The number of rotatable bonds is 11. The maximum atomic E-state index is 11.3. The lowest BCUT2D eigenvalue weighted by atomic mass is 10.2. The van der Waals surface area contributed by atoms with Crippen LogP contribution in [-0.2, 0) is 0 Å². The predicted molar refractivity (Wildman–Crippen MR) is 115 cm³/mol. The van der Waals surface area contributed by atoms with Crippen LogP contribution < -0.4 is 10.4 Å². The molecule has 0 fully saturated rings. The number of allylic oxidation sites excluding steroid dienone is 7. The maximum Gasteiger partial charge on any atom is 0.336 e. The van der Waals surface area contributed by atoms with Crippen molar-refractivity contribution in [2.75, 3.05) is 6.61 Å². The second-order valence-corrected chi connectivity index (χ2v) is 6.31. The van der Waals surface area contributed by atoms with Crippen LogP contribution >= 0.6 is 0 Å². The van der Waals surface area contributed by atoms with Gasteiger partial charge in [0.05, 0.1) is 12.7 Å². The maximum absolute atomic E-state index is 11.3. The molecule has 1 aromatic heterocycles. The number of hydrogen-bond acceptors (Lipinski definition) is 4. The molecule has 0 saturated heterocycles. The van der Waals surface area contributed by atoms with Crippen molar-refractivity contribution >= 4 is 11.0 Å². The molecule has 28 heavy (non-hydrogen) atoms. The predicted octanol–water partition coefficient (Wildman–Crippen LogP) is 5.34. The molecule has 0 aliphatic rings. The summed E-state index contributed by atoms with van der Waals surface area (Å²) in [5.74, 6) is 0.608. The van der Waals surface area contributed by atoms with Gasteiger partial charge in [0.2, 0.25) is 0 Å². The largest absolute Gasteiger partial charge is 0.493 e. The van der Waals surface area contributed by atoms with Gasteiger partial charge in [0, 0.05) is 23.9 Å². The van der Waals surface area contributed by atoms with Crippen LogP contribution in [0, 0.1) is 0 Å². The smallest absolute Gasteiger partial charge is 0.336 e. The van der Waals surface area contributed by atoms with E-state index < -0.39 is 6.10 Å². The van der Waals surface area contributed by atoms with Crippen molar-refractivity contribution in [2.24, 2.45) is 0 Å². The summed E-state index contributed by atoms with van der Waals surface area (Å²) in [6.45, 7) is 2.49. The molecule has 0 saturated carbocycles. The van der Waals surface area contributed by atoms with Crippen molar-refractivity contribution in [1.82, 2.24) is 0 Å². The fourth-order valence-electron chi connectivity index (χ4n) is 2.50. The zero-order valence-electron chi connectivity index (χ0n) is 16.3. The molecule has 1 atom stereocenters. The third-order valence-electron chi connectivity index (χ3n) is 3.98. The van der Waals surface area contributed by atoms with E-state index >= 15 is 0 Å². The summed E-state index contributed by atoms with van der Waals surface area (Å²) in [6.07, 6.45) is 19.0. The minimum Gasteiger partial charge on any atom is -0.493 e. The Labute approximate surface area is 166 Å². The number of ether oxygens (including phenoxy) is 1. The number of benzene rings is 1. The molecule has 0 bridgehead atoms. The average molecular weight is 380 g/mol. The first-order chi connectivity index (χ1) is 13.7. The van der Waals surface area contributed by atoms with Crippen LogP contribution in [0.5, 0.6) is 5.75 Å².